The van der Waals surface area contributed by atoms with Crippen molar-refractivity contribution in [3.63, 3.8) is 0 Å². The molecule has 0 bridgehead atoms. The van der Waals surface area contributed by atoms with Crippen LogP contribution in [-0.2, 0) is 24.1 Å². The van der Waals surface area contributed by atoms with E-state index in [-0.39, 0.29) is 0 Å². The molecule has 1 aliphatic carbocycles. The zero-order chi connectivity index (χ0) is 15.6. The van der Waals surface area contributed by atoms with Crippen LogP contribution in [0.1, 0.15) is 36.5 Å². The van der Waals surface area contributed by atoms with Crippen molar-refractivity contribution in [1.82, 2.24) is 14.8 Å². The molecule has 2 heterocycles. The highest BCUT2D eigenvalue weighted by Gasteiger charge is 2.31. The van der Waals surface area contributed by atoms with E-state index in [1.807, 2.05) is 0 Å². The maximum atomic E-state index is 5.33. The fraction of sp³-hybridized carbons (Fsp3) is 0.556. The van der Waals surface area contributed by atoms with Gasteiger partial charge < -0.3 is 14.6 Å². The van der Waals surface area contributed by atoms with Gasteiger partial charge >= 0.3 is 0 Å². The van der Waals surface area contributed by atoms with Crippen LogP contribution in [0.15, 0.2) is 24.3 Å². The molecule has 1 aromatic carbocycles. The Morgan fingerprint density at radius 3 is 2.83 bits per heavy atom. The first-order valence-electron chi connectivity index (χ1n) is 8.59. The molecule has 0 unspecified atom stereocenters. The molecule has 1 N–H and O–H groups in total. The van der Waals surface area contributed by atoms with E-state index in [0.29, 0.717) is 6.04 Å². The number of methoxy groups -OCH3 is 1. The quantitative estimate of drug-likeness (QED) is 0.854. The summed E-state index contributed by atoms with van der Waals surface area (Å²) in [6.45, 7) is 1.84. The molecule has 2 aromatic rings. The number of nitrogens with zero attached hydrogens (tertiary/aromatic N) is 3. The summed E-state index contributed by atoms with van der Waals surface area (Å²) in [6, 6.07) is 9.15. The number of hydrogen-bond acceptors (Lipinski definition) is 4. The van der Waals surface area contributed by atoms with Crippen LogP contribution in [0, 0.1) is 5.92 Å². The Bertz CT molecular complexity index is 660. The Morgan fingerprint density at radius 2 is 2.09 bits per heavy atom. The van der Waals surface area contributed by atoms with Crippen LogP contribution in [0.5, 0.6) is 0 Å². The van der Waals surface area contributed by atoms with Crippen molar-refractivity contribution in [1.29, 1.82) is 0 Å². The zero-order valence-corrected chi connectivity index (χ0v) is 13.7. The summed E-state index contributed by atoms with van der Waals surface area (Å²) in [5, 5.41) is 12.2. The van der Waals surface area contributed by atoms with Gasteiger partial charge in [-0.25, -0.2) is 0 Å². The van der Waals surface area contributed by atoms with Crippen LogP contribution < -0.4 is 5.32 Å². The van der Waals surface area contributed by atoms with Crippen molar-refractivity contribution in [3.05, 3.63) is 41.5 Å². The fourth-order valence-corrected chi connectivity index (χ4v) is 3.43. The van der Waals surface area contributed by atoms with Gasteiger partial charge in [0.15, 0.2) is 0 Å². The van der Waals surface area contributed by atoms with E-state index in [2.05, 4.69) is 44.3 Å². The normalized spacial score (nSPS) is 18.0. The monoisotopic (exact) mass is 312 g/mol. The van der Waals surface area contributed by atoms with E-state index >= 15 is 0 Å². The summed E-state index contributed by atoms with van der Waals surface area (Å²) < 4.78 is 7.61. The number of hydrogen-bond donors (Lipinski definition) is 1. The summed E-state index contributed by atoms with van der Waals surface area (Å²) in [7, 11) is 1.77. The number of rotatable bonds is 7. The van der Waals surface area contributed by atoms with Crippen molar-refractivity contribution in [2.24, 2.45) is 5.92 Å². The van der Waals surface area contributed by atoms with Gasteiger partial charge in [-0.05, 0) is 42.9 Å². The number of nitrogens with one attached hydrogen (secondary N) is 1. The molecule has 1 atom stereocenters. The molecular weight excluding hydrogens is 288 g/mol. The molecule has 0 saturated heterocycles. The molecule has 2 aliphatic rings. The number of aryl methyl sites for hydroxylation is 1. The van der Waals surface area contributed by atoms with Crippen LogP contribution in [-0.4, -0.2) is 34.5 Å². The molecule has 23 heavy (non-hydrogen) atoms. The Kier molecular flexibility index (Phi) is 4.04. The predicted molar refractivity (Wildman–Crippen MR) is 89.6 cm³/mol. The molecular formula is C18H24N4O. The molecule has 1 saturated carbocycles. The van der Waals surface area contributed by atoms with E-state index < -0.39 is 0 Å². The highest BCUT2D eigenvalue weighted by molar-refractivity contribution is 5.46. The Balaban J connectivity index is 1.41. The lowest BCUT2D eigenvalue weighted by Crippen LogP contribution is -2.27. The van der Waals surface area contributed by atoms with E-state index in [1.54, 1.807) is 7.11 Å². The Labute approximate surface area is 137 Å². The number of fused-ring (bicyclic) bond motifs is 1. The van der Waals surface area contributed by atoms with E-state index in [0.717, 1.165) is 43.6 Å². The molecule has 122 valence electrons. The first-order chi connectivity index (χ1) is 11.3. The summed E-state index contributed by atoms with van der Waals surface area (Å²) in [6.07, 6.45) is 5.76. The molecule has 0 radical (unpaired) electrons. The van der Waals surface area contributed by atoms with Crippen LogP contribution in [0.4, 0.5) is 5.69 Å². The van der Waals surface area contributed by atoms with Gasteiger partial charge in [0.1, 0.15) is 11.6 Å². The Hall–Kier alpha value is -1.88. The third-order valence-corrected chi connectivity index (χ3v) is 4.89. The first-order valence-corrected chi connectivity index (χ1v) is 8.59. The molecule has 4 rings (SSSR count). The lowest BCUT2D eigenvalue weighted by Gasteiger charge is -2.18. The average molecular weight is 312 g/mol. The summed E-state index contributed by atoms with van der Waals surface area (Å²) in [5.74, 6) is 3.01. The highest BCUT2D eigenvalue weighted by atomic mass is 16.5. The van der Waals surface area contributed by atoms with Gasteiger partial charge in [0.25, 0.3) is 0 Å². The second-order valence-electron chi connectivity index (χ2n) is 6.70. The number of aromatic nitrogens is 3. The third kappa shape index (κ3) is 3.24. The smallest absolute Gasteiger partial charge is 0.137 e. The van der Waals surface area contributed by atoms with E-state index in [1.165, 1.54) is 30.5 Å². The summed E-state index contributed by atoms with van der Waals surface area (Å²) in [4.78, 5) is 0. The summed E-state index contributed by atoms with van der Waals surface area (Å²) in [5.41, 5.74) is 2.46. The molecule has 1 aromatic heterocycles. The van der Waals surface area contributed by atoms with Crippen LogP contribution >= 0.6 is 0 Å². The minimum atomic E-state index is 0.436. The van der Waals surface area contributed by atoms with Gasteiger partial charge in [-0.1, -0.05) is 12.1 Å². The van der Waals surface area contributed by atoms with Crippen LogP contribution in [0.25, 0.3) is 0 Å². The van der Waals surface area contributed by atoms with E-state index in [4.69, 9.17) is 4.74 Å². The SMILES string of the molecule is COC[C@H](Nc1ccc(Cc2nnc3n2CCC3)cc1)C1CC1. The van der Waals surface area contributed by atoms with Crippen molar-refractivity contribution in [3.8, 4) is 0 Å². The van der Waals surface area contributed by atoms with Crippen molar-refractivity contribution < 1.29 is 4.74 Å². The average Bonchev–Trinajstić information content (AvgIpc) is 3.19. The van der Waals surface area contributed by atoms with Crippen molar-refractivity contribution in [2.45, 2.75) is 44.7 Å². The highest BCUT2D eigenvalue weighted by Crippen LogP contribution is 2.34. The van der Waals surface area contributed by atoms with Gasteiger partial charge in [-0.2, -0.15) is 0 Å². The number of benzene rings is 1. The third-order valence-electron chi connectivity index (χ3n) is 4.89. The number of anilines is 1. The fourth-order valence-electron chi connectivity index (χ4n) is 3.43. The molecule has 5 nitrogen and oxygen atoms in total. The van der Waals surface area contributed by atoms with Gasteiger partial charge in [-0.3, -0.25) is 0 Å². The summed E-state index contributed by atoms with van der Waals surface area (Å²) >= 11 is 0. The molecule has 0 amide bonds. The molecule has 1 fully saturated rings. The van der Waals surface area contributed by atoms with Gasteiger partial charge in [0, 0.05) is 32.2 Å². The van der Waals surface area contributed by atoms with Gasteiger partial charge in [0.2, 0.25) is 0 Å². The minimum Gasteiger partial charge on any atom is -0.383 e. The van der Waals surface area contributed by atoms with Crippen molar-refractivity contribution in [2.75, 3.05) is 19.0 Å². The first kappa shape index (κ1) is 14.7. The lowest BCUT2D eigenvalue weighted by atomic mass is 10.1. The second kappa shape index (κ2) is 6.32. The predicted octanol–water partition coefficient (Wildman–Crippen LogP) is 2.65. The zero-order valence-electron chi connectivity index (χ0n) is 13.7. The van der Waals surface area contributed by atoms with Crippen molar-refractivity contribution >= 4 is 5.69 Å². The van der Waals surface area contributed by atoms with Gasteiger partial charge in [0.05, 0.1) is 12.6 Å². The van der Waals surface area contributed by atoms with Crippen LogP contribution in [0.2, 0.25) is 0 Å². The Morgan fingerprint density at radius 1 is 1.26 bits per heavy atom. The second-order valence-corrected chi connectivity index (χ2v) is 6.70. The topological polar surface area (TPSA) is 52.0 Å². The molecule has 1 aliphatic heterocycles. The maximum Gasteiger partial charge on any atom is 0.137 e. The molecule has 0 spiro atoms. The number of ether oxygens (including phenoxy) is 1. The van der Waals surface area contributed by atoms with Crippen LogP contribution in [0.3, 0.4) is 0 Å². The standard InChI is InChI=1S/C18H24N4O/c1-23-12-16(14-6-7-14)19-15-8-4-13(5-9-15)11-18-21-20-17-3-2-10-22(17)18/h4-5,8-9,14,16,19H,2-3,6-7,10-12H2,1H3/t16-/m0/s1. The molecule has 5 heteroatoms. The maximum absolute atomic E-state index is 5.33. The lowest BCUT2D eigenvalue weighted by molar-refractivity contribution is 0.179. The van der Waals surface area contributed by atoms with E-state index in [9.17, 15) is 0 Å². The largest absolute Gasteiger partial charge is 0.383 e. The van der Waals surface area contributed by atoms with Gasteiger partial charge in [-0.15, -0.1) is 10.2 Å². The minimum absolute atomic E-state index is 0.436.